The van der Waals surface area contributed by atoms with Crippen molar-refractivity contribution in [1.82, 2.24) is 72.1 Å². The predicted molar refractivity (Wildman–Crippen MR) is 436 cm³/mol. The number of likely N-dealkylation sites (tertiary alicyclic amines) is 2. The highest BCUT2D eigenvalue weighted by atomic mass is 32.2. The summed E-state index contributed by atoms with van der Waals surface area (Å²) in [5.74, 6) is -6.97. The van der Waals surface area contributed by atoms with Crippen LogP contribution in [0.2, 0.25) is 0 Å². The van der Waals surface area contributed by atoms with Crippen LogP contribution in [-0.4, -0.2) is 210 Å². The molecule has 7 heterocycles. The number of ether oxygens (including phenoxy) is 3. The number of benzene rings is 6. The minimum Gasteiger partial charge on any atom is -0.490 e. The van der Waals surface area contributed by atoms with E-state index in [1.54, 1.807) is 116 Å². The van der Waals surface area contributed by atoms with Gasteiger partial charge in [-0.25, -0.2) is 17.9 Å². The largest absolute Gasteiger partial charge is 0.490 e. The van der Waals surface area contributed by atoms with Gasteiger partial charge in [0.15, 0.2) is 0 Å². The van der Waals surface area contributed by atoms with Gasteiger partial charge in [0.05, 0.1) is 42.3 Å². The van der Waals surface area contributed by atoms with E-state index in [0.717, 1.165) is 40.8 Å². The van der Waals surface area contributed by atoms with E-state index in [1.165, 1.54) is 14.5 Å². The highest BCUT2D eigenvalue weighted by Crippen LogP contribution is 2.35. The molecule has 4 fully saturated rings. The van der Waals surface area contributed by atoms with E-state index in [2.05, 4.69) is 57.6 Å². The van der Waals surface area contributed by atoms with Crippen LogP contribution in [0.1, 0.15) is 126 Å². The Bertz CT molecular complexity index is 4910. The zero-order valence-electron chi connectivity index (χ0n) is 67.0. The maximum atomic E-state index is 15.5. The maximum absolute atomic E-state index is 15.5. The Kier molecular flexibility index (Phi) is 27.9. The van der Waals surface area contributed by atoms with Crippen LogP contribution in [-0.2, 0) is 95.0 Å². The lowest BCUT2D eigenvalue weighted by Crippen LogP contribution is -2.60. The molecule has 6 aliphatic heterocycles. The molecule has 0 spiro atoms. The lowest BCUT2D eigenvalue weighted by atomic mass is 9.83. The molecule has 10 N–H and O–H groups in total. The number of amides is 9. The molecule has 6 aromatic carbocycles. The maximum Gasteiger partial charge on any atom is 0.326 e. The van der Waals surface area contributed by atoms with Gasteiger partial charge in [-0.05, 0) is 139 Å². The van der Waals surface area contributed by atoms with Crippen LogP contribution in [0, 0.1) is 11.3 Å². The molecule has 31 heteroatoms. The number of rotatable bonds is 17. The topological polar surface area (TPSA) is 398 Å². The van der Waals surface area contributed by atoms with Crippen LogP contribution < -0.4 is 56.7 Å². The van der Waals surface area contributed by atoms with Crippen molar-refractivity contribution in [3.05, 3.63) is 180 Å². The average molecular weight is 1620 g/mol. The van der Waals surface area contributed by atoms with Crippen molar-refractivity contribution in [2.45, 2.75) is 203 Å². The molecule has 2 saturated carbocycles. The zero-order valence-corrected chi connectivity index (χ0v) is 67.8. The van der Waals surface area contributed by atoms with Gasteiger partial charge in [0, 0.05) is 51.6 Å². The smallest absolute Gasteiger partial charge is 0.326 e. The molecule has 1 aromatic heterocycles. The van der Waals surface area contributed by atoms with Gasteiger partial charge in [0.2, 0.25) is 57.3 Å². The van der Waals surface area contributed by atoms with Gasteiger partial charge in [-0.2, -0.15) is 0 Å². The van der Waals surface area contributed by atoms with Gasteiger partial charge < -0.3 is 71.7 Å². The molecule has 12 atom stereocenters. The second kappa shape index (κ2) is 38.3. The number of fused-ring (bicyclic) bond motifs is 2. The number of sulfonamides is 1. The van der Waals surface area contributed by atoms with E-state index in [4.69, 9.17) is 14.2 Å². The molecule has 9 amide bonds. The van der Waals surface area contributed by atoms with Gasteiger partial charge >= 0.3 is 5.97 Å². The summed E-state index contributed by atoms with van der Waals surface area (Å²) in [4.78, 5) is 150. The van der Waals surface area contributed by atoms with Gasteiger partial charge in [-0.15, -0.1) is 5.10 Å². The minimum absolute atomic E-state index is 0.00216. The Morgan fingerprint density at radius 2 is 1.11 bits per heavy atom. The normalized spacial score (nSPS) is 23.2. The number of nitrogens with one attached hydrogen (secondary N) is 9. The Balaban J connectivity index is 0.867. The van der Waals surface area contributed by atoms with Crippen LogP contribution in [0.3, 0.4) is 0 Å². The fraction of sp³-hybridized carbons (Fsp3) is 0.465. The summed E-state index contributed by atoms with van der Waals surface area (Å²) in [5.41, 5.74) is 1.67. The highest BCUT2D eigenvalue weighted by molar-refractivity contribution is 7.91. The van der Waals surface area contributed by atoms with Crippen LogP contribution in [0.5, 0.6) is 11.5 Å². The van der Waals surface area contributed by atoms with E-state index in [1.807, 2.05) is 84.9 Å². The molecule has 10 bridgehead atoms. The first kappa shape index (κ1) is 85.2. The molecule has 30 nitrogen and oxygen atoms in total. The summed E-state index contributed by atoms with van der Waals surface area (Å²) in [5, 5.41) is 45.5. The SMILES string of the molecule is CN[C@@H](C)C(=O)N[C@H](C(=O)N1C[C@@H]2C[C@H]1C(=O)N[C@@H](Cc1ccc3ccccc3c1)C(=O)N[C@H](C(=O)NS(=O)(=O)C1CC1)Cc1ccc(cc1)OCc1cn(nn1)[C@H]1C[C@@H](C(=O)N[C@@H](Cc3ccc4ccccc4c3)C(=O)N[C@H](C(=O)O)Cc3ccc(cc3)OC/C=C/CO2)N(C(=O)[C@@H](NC(=O)[C@H](C)NC)C(C)(C)C)C1)C1CCCCC1. The Morgan fingerprint density at radius 1 is 0.590 bits per heavy atom. The number of likely N-dealkylation sites (N-methyl/N-ethyl adjacent to an activating group) is 2. The van der Waals surface area contributed by atoms with Crippen LogP contribution in [0.25, 0.3) is 21.5 Å². The summed E-state index contributed by atoms with van der Waals surface area (Å²) in [6.45, 7) is 8.39. The van der Waals surface area contributed by atoms with Gasteiger partial charge in [0.25, 0.3) is 5.91 Å². The summed E-state index contributed by atoms with van der Waals surface area (Å²) in [7, 11) is -0.929. The van der Waals surface area contributed by atoms with Crippen molar-refractivity contribution in [2.75, 3.05) is 40.4 Å². The molecular weight excluding hydrogens is 1520 g/mol. The lowest BCUT2D eigenvalue weighted by molar-refractivity contribution is -0.145. The van der Waals surface area contributed by atoms with Crippen molar-refractivity contribution in [3.63, 3.8) is 0 Å². The fourth-order valence-corrected chi connectivity index (χ4v) is 16.8. The summed E-state index contributed by atoms with van der Waals surface area (Å²) in [6.07, 6.45) is 8.13. The quantitative estimate of drug-likeness (QED) is 0.0539. The predicted octanol–water partition coefficient (Wildman–Crippen LogP) is 4.95. The molecule has 0 radical (unpaired) electrons. The fourth-order valence-electron chi connectivity index (χ4n) is 15.4. The third-order valence-electron chi connectivity index (χ3n) is 22.7. The van der Waals surface area contributed by atoms with Crippen molar-refractivity contribution >= 4 is 90.7 Å². The second-order valence-electron chi connectivity index (χ2n) is 32.3. The Labute approximate surface area is 680 Å². The molecule has 0 unspecified atom stereocenters. The van der Waals surface area contributed by atoms with Crippen molar-refractivity contribution < 1.29 is 75.7 Å². The first-order valence-electron chi connectivity index (χ1n) is 40.2. The molecule has 2 saturated heterocycles. The molecule has 2 aliphatic carbocycles. The molecule has 15 rings (SSSR count). The van der Waals surface area contributed by atoms with Crippen LogP contribution in [0.4, 0.5) is 0 Å². The van der Waals surface area contributed by atoms with Crippen LogP contribution >= 0.6 is 0 Å². The van der Waals surface area contributed by atoms with E-state index in [0.29, 0.717) is 65.1 Å². The lowest BCUT2D eigenvalue weighted by Gasteiger charge is -2.36. The Hall–Kier alpha value is -11.1. The second-order valence-corrected chi connectivity index (χ2v) is 34.3. The summed E-state index contributed by atoms with van der Waals surface area (Å²) < 4.78 is 49.6. The minimum atomic E-state index is -4.17. The molecular formula is C86H106N14O16S. The van der Waals surface area contributed by atoms with E-state index < -0.39 is 152 Å². The number of carboxylic acid groups (broad SMARTS) is 1. The number of carboxylic acids is 1. The Morgan fingerprint density at radius 3 is 1.67 bits per heavy atom. The molecule has 7 aromatic rings. The number of hydrogen-bond donors (Lipinski definition) is 10. The van der Waals surface area contributed by atoms with Gasteiger partial charge in [-0.3, -0.25) is 47.9 Å². The van der Waals surface area contributed by atoms with E-state index >= 15 is 24.0 Å². The monoisotopic (exact) mass is 1620 g/mol. The number of carbonyl (C=O) groups excluding carboxylic acids is 9. The van der Waals surface area contributed by atoms with E-state index in [9.17, 15) is 37.5 Å². The van der Waals surface area contributed by atoms with Crippen molar-refractivity contribution in [2.24, 2.45) is 11.3 Å². The standard InChI is InChI=1S/C86H106N14O16S/c1-51(87-6)76(101)93-74(59-19-9-8-10-20-59)83(108)99-49-66-46-73(99)82(107)91-68(43-55-23-29-57-17-11-13-21-60(57)39-55)78(103)89-70(80(105)96-117(112,113)67-35-36-67)41-53-27-33-65(34-28-53)116-50-62-47-100(97-95-62)63-45-72(98(48-63)84(109)75(86(3,4)5)94-77(102)52(2)88-7)81(106)90-69(44-56-24-30-58-18-12-14-22-61(58)40-56)79(104)92-71(85(110)111)42-54-25-31-64(32-26-54)114-37-15-16-38-115-66/h11-18,21-34,39-40,47,51-52,59,63,66-75,87-88H,8-10,19-20,35-38,41-46,48-50H2,1-7H3,(H,89,103)(H,90,106)(H,91,107)(H,92,104)(H,93,101)(H,94,102)(H,96,105)(H,110,111)/b16-15+/t51-,52-,63-,66-,68-,69-,70-,71-,72-,73-,74-,75+/m0/s1. The molecule has 622 valence electrons. The highest BCUT2D eigenvalue weighted by Gasteiger charge is 2.49. The molecule has 117 heavy (non-hydrogen) atoms. The van der Waals surface area contributed by atoms with Crippen molar-refractivity contribution in [1.29, 1.82) is 0 Å². The number of nitrogens with zero attached hydrogens (tertiary/aromatic N) is 5. The molecule has 8 aliphatic rings. The number of aromatic nitrogens is 3. The van der Waals surface area contributed by atoms with Crippen molar-refractivity contribution in [3.8, 4) is 11.5 Å². The summed E-state index contributed by atoms with van der Waals surface area (Å²) >= 11 is 0. The zero-order chi connectivity index (χ0) is 83.2. The first-order valence-corrected chi connectivity index (χ1v) is 41.7. The number of hydrogen-bond acceptors (Lipinski definition) is 19. The first-order chi connectivity index (χ1) is 56.1. The van der Waals surface area contributed by atoms with Gasteiger partial charge in [-0.1, -0.05) is 161 Å². The van der Waals surface area contributed by atoms with Gasteiger partial charge in [0.1, 0.15) is 78.7 Å². The summed E-state index contributed by atoms with van der Waals surface area (Å²) in [6, 6.07) is 26.8. The average Bonchev–Trinajstić information content (AvgIpc) is 1.68. The number of carbonyl (C=O) groups is 10. The van der Waals surface area contributed by atoms with Crippen LogP contribution in [0.15, 0.2) is 152 Å². The number of aliphatic carboxylic acids is 1. The third-order valence-corrected chi connectivity index (χ3v) is 24.5. The van der Waals surface area contributed by atoms with E-state index in [-0.39, 0.29) is 77.4 Å². The third kappa shape index (κ3) is 22.1.